The van der Waals surface area contributed by atoms with E-state index >= 15 is 0 Å². The van der Waals surface area contributed by atoms with Crippen molar-refractivity contribution in [2.75, 3.05) is 33.0 Å². The zero-order valence-corrected chi connectivity index (χ0v) is 16.9. The fourth-order valence-electron chi connectivity index (χ4n) is 3.26. The molecule has 2 aromatic carbocycles. The van der Waals surface area contributed by atoms with E-state index in [0.29, 0.717) is 53.3 Å². The van der Waals surface area contributed by atoms with Crippen LogP contribution in [0, 0.1) is 0 Å². The second kappa shape index (κ2) is 8.35. The first-order valence-corrected chi connectivity index (χ1v) is 9.88. The van der Waals surface area contributed by atoms with Gasteiger partial charge in [-0.05, 0) is 48.0 Å². The highest BCUT2D eigenvalue weighted by Crippen LogP contribution is 2.40. The monoisotopic (exact) mass is 432 g/mol. The molecule has 0 aromatic heterocycles. The van der Waals surface area contributed by atoms with Crippen molar-refractivity contribution in [3.05, 3.63) is 63.6 Å². The summed E-state index contributed by atoms with van der Waals surface area (Å²) in [5, 5.41) is 1.04. The maximum absolute atomic E-state index is 12.6. The van der Waals surface area contributed by atoms with Gasteiger partial charge in [0.05, 0.1) is 5.02 Å². The van der Waals surface area contributed by atoms with E-state index in [1.165, 1.54) is 6.08 Å². The van der Waals surface area contributed by atoms with Crippen molar-refractivity contribution in [3.8, 4) is 11.5 Å². The number of nitrogens with zero attached hydrogens (tertiary/aromatic N) is 2. The fraction of sp³-hybridized carbons (Fsp3) is 0.238. The van der Waals surface area contributed by atoms with Crippen molar-refractivity contribution in [3.63, 3.8) is 0 Å². The second-order valence-corrected chi connectivity index (χ2v) is 7.54. The molecule has 2 amide bonds. The molecule has 150 valence electrons. The summed E-state index contributed by atoms with van der Waals surface area (Å²) in [5.74, 6) is 0.923. The van der Waals surface area contributed by atoms with E-state index in [-0.39, 0.29) is 18.6 Å². The van der Waals surface area contributed by atoms with E-state index in [1.54, 1.807) is 52.3 Å². The minimum atomic E-state index is -0.114. The lowest BCUT2D eigenvalue weighted by molar-refractivity contribution is -0.127. The van der Waals surface area contributed by atoms with Crippen LogP contribution in [0.25, 0.3) is 6.08 Å². The largest absolute Gasteiger partial charge is 0.454 e. The van der Waals surface area contributed by atoms with Gasteiger partial charge in [-0.1, -0.05) is 23.2 Å². The van der Waals surface area contributed by atoms with Gasteiger partial charge in [0, 0.05) is 42.8 Å². The predicted molar refractivity (Wildman–Crippen MR) is 111 cm³/mol. The number of ether oxygens (including phenoxy) is 2. The van der Waals surface area contributed by atoms with E-state index in [2.05, 4.69) is 0 Å². The molecule has 0 N–H and O–H groups in total. The molecule has 0 bridgehead atoms. The lowest BCUT2D eigenvalue weighted by Gasteiger charge is -2.34. The molecule has 6 nitrogen and oxygen atoms in total. The van der Waals surface area contributed by atoms with Crippen molar-refractivity contribution in [1.82, 2.24) is 9.80 Å². The van der Waals surface area contributed by atoms with Crippen molar-refractivity contribution in [2.24, 2.45) is 0 Å². The van der Waals surface area contributed by atoms with Crippen molar-refractivity contribution in [2.45, 2.75) is 0 Å². The Kier molecular flexibility index (Phi) is 5.65. The van der Waals surface area contributed by atoms with E-state index in [4.69, 9.17) is 32.7 Å². The zero-order valence-electron chi connectivity index (χ0n) is 15.4. The van der Waals surface area contributed by atoms with Crippen LogP contribution in [0.5, 0.6) is 11.5 Å². The van der Waals surface area contributed by atoms with E-state index < -0.39 is 0 Å². The Morgan fingerprint density at radius 2 is 1.62 bits per heavy atom. The van der Waals surface area contributed by atoms with Crippen LogP contribution in [0.2, 0.25) is 10.0 Å². The summed E-state index contributed by atoms with van der Waals surface area (Å²) >= 11 is 12.0. The molecule has 0 unspecified atom stereocenters. The number of carbonyl (C=O) groups excluding carboxylic acids is 2. The summed E-state index contributed by atoms with van der Waals surface area (Å²) in [6.07, 6.45) is 3.20. The summed E-state index contributed by atoms with van der Waals surface area (Å²) in [6, 6.07) is 10.3. The SMILES string of the molecule is O=C(/C=C/c1cc(Cl)c2c(c1)OCO2)N1CCN(C(=O)c2ccc(Cl)cc2)CC1. The van der Waals surface area contributed by atoms with Gasteiger partial charge < -0.3 is 19.3 Å². The normalized spacial score (nSPS) is 15.8. The number of rotatable bonds is 3. The molecule has 8 heteroatoms. The number of fused-ring (bicyclic) bond motifs is 1. The minimum Gasteiger partial charge on any atom is -0.454 e. The van der Waals surface area contributed by atoms with Crippen LogP contribution in [0.1, 0.15) is 15.9 Å². The van der Waals surface area contributed by atoms with Gasteiger partial charge >= 0.3 is 0 Å². The molecule has 2 aliphatic heterocycles. The Morgan fingerprint density at radius 3 is 2.34 bits per heavy atom. The zero-order chi connectivity index (χ0) is 20.4. The molecule has 2 aromatic rings. The van der Waals surface area contributed by atoms with E-state index in [9.17, 15) is 9.59 Å². The van der Waals surface area contributed by atoms with Gasteiger partial charge in [0.15, 0.2) is 11.5 Å². The molecule has 2 aliphatic rings. The molecule has 0 radical (unpaired) electrons. The molecule has 29 heavy (non-hydrogen) atoms. The highest BCUT2D eigenvalue weighted by Gasteiger charge is 2.24. The van der Waals surface area contributed by atoms with E-state index in [0.717, 1.165) is 5.56 Å². The molecule has 4 rings (SSSR count). The van der Waals surface area contributed by atoms with Gasteiger partial charge in [0.2, 0.25) is 12.7 Å². The van der Waals surface area contributed by atoms with Crippen molar-refractivity contribution >= 4 is 41.1 Å². The Hall–Kier alpha value is -2.70. The molecule has 1 fully saturated rings. The first-order chi connectivity index (χ1) is 14.0. The Balaban J connectivity index is 1.34. The molecule has 1 saturated heterocycles. The summed E-state index contributed by atoms with van der Waals surface area (Å²) in [4.78, 5) is 28.5. The Morgan fingerprint density at radius 1 is 0.931 bits per heavy atom. The van der Waals surface area contributed by atoms with Crippen molar-refractivity contribution in [1.29, 1.82) is 0 Å². The first kappa shape index (κ1) is 19.6. The third-order valence-electron chi connectivity index (χ3n) is 4.84. The third-order valence-corrected chi connectivity index (χ3v) is 5.37. The lowest BCUT2D eigenvalue weighted by atomic mass is 10.1. The second-order valence-electron chi connectivity index (χ2n) is 6.69. The van der Waals surface area contributed by atoms with Gasteiger partial charge in [-0.25, -0.2) is 0 Å². The van der Waals surface area contributed by atoms with Crippen LogP contribution in [0.3, 0.4) is 0 Å². The lowest BCUT2D eigenvalue weighted by Crippen LogP contribution is -2.50. The van der Waals surface area contributed by atoms with Gasteiger partial charge in [-0.15, -0.1) is 0 Å². The Labute approximate surface area is 178 Å². The maximum Gasteiger partial charge on any atom is 0.253 e. The van der Waals surface area contributed by atoms with Crippen LogP contribution in [0.15, 0.2) is 42.5 Å². The van der Waals surface area contributed by atoms with E-state index in [1.807, 2.05) is 0 Å². The number of benzene rings is 2. The molecule has 0 atom stereocenters. The number of hydrogen-bond acceptors (Lipinski definition) is 4. The molecule has 0 saturated carbocycles. The number of carbonyl (C=O) groups is 2. The number of piperazine rings is 1. The highest BCUT2D eigenvalue weighted by molar-refractivity contribution is 6.32. The summed E-state index contributed by atoms with van der Waals surface area (Å²) in [7, 11) is 0. The molecule has 2 heterocycles. The van der Waals surface area contributed by atoms with Crippen LogP contribution >= 0.6 is 23.2 Å². The van der Waals surface area contributed by atoms with Crippen molar-refractivity contribution < 1.29 is 19.1 Å². The molecule has 0 aliphatic carbocycles. The first-order valence-electron chi connectivity index (χ1n) is 9.12. The minimum absolute atomic E-state index is 0.0562. The van der Waals surface area contributed by atoms with Gasteiger partial charge in [0.1, 0.15) is 0 Å². The molecular weight excluding hydrogens is 415 g/mol. The average Bonchev–Trinajstić information content (AvgIpc) is 3.21. The van der Waals surface area contributed by atoms with Crippen LogP contribution < -0.4 is 9.47 Å². The predicted octanol–water partition coefficient (Wildman–Crippen LogP) is 3.72. The number of halogens is 2. The van der Waals surface area contributed by atoms with Crippen LogP contribution in [0.4, 0.5) is 0 Å². The van der Waals surface area contributed by atoms with Gasteiger partial charge in [-0.3, -0.25) is 9.59 Å². The number of hydrogen-bond donors (Lipinski definition) is 0. The fourth-order valence-corrected chi connectivity index (χ4v) is 3.66. The van der Waals surface area contributed by atoms with Crippen LogP contribution in [-0.4, -0.2) is 54.6 Å². The van der Waals surface area contributed by atoms with Gasteiger partial charge in [0.25, 0.3) is 5.91 Å². The third kappa shape index (κ3) is 4.33. The Bertz CT molecular complexity index is 967. The summed E-state index contributed by atoms with van der Waals surface area (Å²) in [6.45, 7) is 2.06. The van der Waals surface area contributed by atoms with Crippen LogP contribution in [-0.2, 0) is 4.79 Å². The smallest absolute Gasteiger partial charge is 0.253 e. The standard InChI is InChI=1S/C21H18Cl2N2O4/c22-16-4-2-15(3-5-16)21(27)25-9-7-24(8-10-25)19(26)6-1-14-11-17(23)20-18(12-14)28-13-29-20/h1-6,11-12H,7-10,13H2/b6-1+. The topological polar surface area (TPSA) is 59.1 Å². The molecule has 0 spiro atoms. The quantitative estimate of drug-likeness (QED) is 0.693. The summed E-state index contributed by atoms with van der Waals surface area (Å²) < 4.78 is 10.6. The maximum atomic E-state index is 12.6. The highest BCUT2D eigenvalue weighted by atomic mass is 35.5. The van der Waals surface area contributed by atoms with Gasteiger partial charge in [-0.2, -0.15) is 0 Å². The summed E-state index contributed by atoms with van der Waals surface area (Å²) in [5.41, 5.74) is 1.35. The number of amides is 2. The average molecular weight is 433 g/mol. The molecular formula is C21H18Cl2N2O4.